The van der Waals surface area contributed by atoms with Crippen LogP contribution < -0.4 is 0 Å². The lowest BCUT2D eigenvalue weighted by Crippen LogP contribution is -1.82. The molecule has 0 fully saturated rings. The van der Waals surface area contributed by atoms with Gasteiger partial charge in [-0.2, -0.15) is 0 Å². The fourth-order valence-electron chi connectivity index (χ4n) is 3.65. The van der Waals surface area contributed by atoms with Gasteiger partial charge >= 0.3 is 0 Å². The highest BCUT2D eigenvalue weighted by molar-refractivity contribution is 6.03. The van der Waals surface area contributed by atoms with Gasteiger partial charge in [0.15, 0.2) is 0 Å². The molecule has 0 aromatic heterocycles. The predicted molar refractivity (Wildman–Crippen MR) is 89.7 cm³/mol. The quantitative estimate of drug-likeness (QED) is 0.344. The third kappa shape index (κ3) is 1.50. The van der Waals surface area contributed by atoms with Crippen LogP contribution in [0.5, 0.6) is 0 Å². The Bertz CT molecular complexity index is 1010. The van der Waals surface area contributed by atoms with E-state index in [4.69, 9.17) is 0 Å². The largest absolute Gasteiger partial charge is 0.0616 e. The molecule has 98 valence electrons. The number of benzene rings is 4. The van der Waals surface area contributed by atoms with Gasteiger partial charge in [0.05, 0.1) is 0 Å². The first-order chi connectivity index (χ1) is 10.4. The van der Waals surface area contributed by atoms with E-state index in [1.54, 1.807) is 0 Å². The first-order valence-electron chi connectivity index (χ1n) is 7.43. The lowest BCUT2D eigenvalue weighted by atomic mass is 9.96. The monoisotopic (exact) mass is 266 g/mol. The van der Waals surface area contributed by atoms with Crippen molar-refractivity contribution in [1.82, 2.24) is 0 Å². The smallest absolute Gasteiger partial charge is 0.00130 e. The molecule has 1 aliphatic rings. The molecular formula is C21H14. The van der Waals surface area contributed by atoms with Crippen molar-refractivity contribution in [2.24, 2.45) is 0 Å². The summed E-state index contributed by atoms with van der Waals surface area (Å²) in [5.74, 6) is 0. The summed E-state index contributed by atoms with van der Waals surface area (Å²) in [7, 11) is 0. The van der Waals surface area contributed by atoms with Crippen molar-refractivity contribution >= 4 is 21.5 Å². The van der Waals surface area contributed by atoms with Gasteiger partial charge in [-0.1, -0.05) is 66.7 Å². The predicted octanol–water partition coefficient (Wildman–Crippen LogP) is 5.56. The Hall–Kier alpha value is -2.60. The lowest BCUT2D eigenvalue weighted by Gasteiger charge is -2.07. The fourth-order valence-corrected chi connectivity index (χ4v) is 3.65. The fraction of sp³-hybridized carbons (Fsp3) is 0.0476. The number of hydrogen-bond acceptors (Lipinski definition) is 0. The van der Waals surface area contributed by atoms with Crippen LogP contribution in [0, 0.1) is 0 Å². The molecule has 0 saturated heterocycles. The van der Waals surface area contributed by atoms with Gasteiger partial charge in [-0.3, -0.25) is 0 Å². The molecule has 0 heterocycles. The highest BCUT2D eigenvalue weighted by atomic mass is 14.2. The van der Waals surface area contributed by atoms with E-state index < -0.39 is 0 Å². The standard InChI is InChI=1S/C21H14/c1-2-7-16-13-20-18(11-15(16)6-1)12-17-10-9-14-5-3-4-8-19(14)21(17)20/h1-11,13H,12H2. The summed E-state index contributed by atoms with van der Waals surface area (Å²) in [6, 6.07) is 26.6. The molecule has 0 amide bonds. The Morgan fingerprint density at radius 2 is 1.29 bits per heavy atom. The molecule has 0 nitrogen and oxygen atoms in total. The molecule has 1 aliphatic carbocycles. The minimum atomic E-state index is 1.06. The van der Waals surface area contributed by atoms with Crippen molar-refractivity contribution < 1.29 is 0 Å². The second-order valence-corrected chi connectivity index (χ2v) is 5.85. The second kappa shape index (κ2) is 3.95. The summed E-state index contributed by atoms with van der Waals surface area (Å²) >= 11 is 0. The molecule has 0 aliphatic heterocycles. The third-order valence-corrected chi connectivity index (χ3v) is 4.64. The van der Waals surface area contributed by atoms with Crippen LogP contribution >= 0.6 is 0 Å². The molecule has 0 heteroatoms. The van der Waals surface area contributed by atoms with Crippen LogP contribution in [0.3, 0.4) is 0 Å². The summed E-state index contributed by atoms with van der Waals surface area (Å²) in [6.07, 6.45) is 1.06. The highest BCUT2D eigenvalue weighted by Crippen LogP contribution is 2.42. The Morgan fingerprint density at radius 1 is 0.571 bits per heavy atom. The summed E-state index contributed by atoms with van der Waals surface area (Å²) < 4.78 is 0. The highest BCUT2D eigenvalue weighted by Gasteiger charge is 2.20. The van der Waals surface area contributed by atoms with E-state index in [-0.39, 0.29) is 0 Å². The minimum absolute atomic E-state index is 1.06. The zero-order chi connectivity index (χ0) is 13.8. The van der Waals surface area contributed by atoms with Crippen molar-refractivity contribution in [1.29, 1.82) is 0 Å². The maximum absolute atomic E-state index is 2.36. The van der Waals surface area contributed by atoms with Crippen molar-refractivity contribution in [3.63, 3.8) is 0 Å². The zero-order valence-electron chi connectivity index (χ0n) is 11.6. The molecule has 0 bridgehead atoms. The molecule has 0 atom stereocenters. The Morgan fingerprint density at radius 3 is 2.14 bits per heavy atom. The van der Waals surface area contributed by atoms with E-state index in [1.807, 2.05) is 0 Å². The Labute approximate surface area is 123 Å². The molecule has 21 heavy (non-hydrogen) atoms. The maximum Gasteiger partial charge on any atom is -0.00130 e. The number of rotatable bonds is 0. The first-order valence-corrected chi connectivity index (χ1v) is 7.43. The van der Waals surface area contributed by atoms with E-state index in [9.17, 15) is 0 Å². The molecule has 4 aromatic carbocycles. The van der Waals surface area contributed by atoms with Gasteiger partial charge in [-0.15, -0.1) is 0 Å². The van der Waals surface area contributed by atoms with Crippen molar-refractivity contribution in [3.05, 3.63) is 83.9 Å². The van der Waals surface area contributed by atoms with Crippen molar-refractivity contribution in [2.75, 3.05) is 0 Å². The van der Waals surface area contributed by atoms with Gasteiger partial charge in [0.2, 0.25) is 0 Å². The minimum Gasteiger partial charge on any atom is -0.0616 e. The van der Waals surface area contributed by atoms with Crippen LogP contribution in [0.25, 0.3) is 32.7 Å². The van der Waals surface area contributed by atoms with Gasteiger partial charge in [0.1, 0.15) is 0 Å². The average molecular weight is 266 g/mol. The maximum atomic E-state index is 2.36. The normalized spacial score (nSPS) is 12.6. The zero-order valence-corrected chi connectivity index (χ0v) is 11.6. The molecule has 0 radical (unpaired) electrons. The summed E-state index contributed by atoms with van der Waals surface area (Å²) in [4.78, 5) is 0. The van der Waals surface area contributed by atoms with E-state index in [1.165, 1.54) is 43.8 Å². The first kappa shape index (κ1) is 11.1. The van der Waals surface area contributed by atoms with Crippen LogP contribution in [0.15, 0.2) is 72.8 Å². The lowest BCUT2D eigenvalue weighted by molar-refractivity contribution is 1.27. The average Bonchev–Trinajstić information content (AvgIpc) is 2.90. The molecular weight excluding hydrogens is 252 g/mol. The van der Waals surface area contributed by atoms with E-state index in [2.05, 4.69) is 72.8 Å². The summed E-state index contributed by atoms with van der Waals surface area (Å²) in [5.41, 5.74) is 5.77. The number of fused-ring (bicyclic) bond motifs is 6. The van der Waals surface area contributed by atoms with Crippen LogP contribution in [0.1, 0.15) is 11.1 Å². The van der Waals surface area contributed by atoms with Gasteiger partial charge in [-0.05, 0) is 56.3 Å². The SMILES string of the molecule is c1ccc2cc3c(cc2c1)Cc1ccc2ccccc2c1-3. The van der Waals surface area contributed by atoms with Gasteiger partial charge in [0, 0.05) is 0 Å². The van der Waals surface area contributed by atoms with E-state index in [0.717, 1.165) is 6.42 Å². The van der Waals surface area contributed by atoms with Gasteiger partial charge in [-0.25, -0.2) is 0 Å². The molecule has 0 N–H and O–H groups in total. The second-order valence-electron chi connectivity index (χ2n) is 5.85. The number of hydrogen-bond donors (Lipinski definition) is 0. The van der Waals surface area contributed by atoms with Crippen molar-refractivity contribution in [3.8, 4) is 11.1 Å². The van der Waals surface area contributed by atoms with Crippen molar-refractivity contribution in [2.45, 2.75) is 6.42 Å². The van der Waals surface area contributed by atoms with Crippen LogP contribution in [-0.2, 0) is 6.42 Å². The molecule has 0 unspecified atom stereocenters. The Balaban J connectivity index is 1.92. The van der Waals surface area contributed by atoms with Gasteiger partial charge < -0.3 is 0 Å². The van der Waals surface area contributed by atoms with E-state index in [0.29, 0.717) is 0 Å². The Kier molecular flexibility index (Phi) is 2.09. The third-order valence-electron chi connectivity index (χ3n) is 4.64. The van der Waals surface area contributed by atoms with Crippen LogP contribution in [0.4, 0.5) is 0 Å². The molecule has 0 spiro atoms. The molecule has 4 aromatic rings. The summed E-state index contributed by atoms with van der Waals surface area (Å²) in [5, 5.41) is 5.38. The topological polar surface area (TPSA) is 0 Å². The van der Waals surface area contributed by atoms with Crippen LogP contribution in [0.2, 0.25) is 0 Å². The van der Waals surface area contributed by atoms with Gasteiger partial charge in [0.25, 0.3) is 0 Å². The van der Waals surface area contributed by atoms with E-state index >= 15 is 0 Å². The molecule has 5 rings (SSSR count). The summed E-state index contributed by atoms with van der Waals surface area (Å²) in [6.45, 7) is 0. The van der Waals surface area contributed by atoms with Crippen LogP contribution in [-0.4, -0.2) is 0 Å². The molecule has 0 saturated carbocycles.